The Kier molecular flexibility index (Phi) is 2.48. The van der Waals surface area contributed by atoms with E-state index in [0.29, 0.717) is 0 Å². The van der Waals surface area contributed by atoms with Crippen LogP contribution in [0.25, 0.3) is 5.69 Å². The van der Waals surface area contributed by atoms with Crippen molar-refractivity contribution >= 4 is 15.9 Å². The molecule has 15 heavy (non-hydrogen) atoms. The van der Waals surface area contributed by atoms with Gasteiger partial charge in [-0.2, -0.15) is 0 Å². The molecule has 2 aromatic rings. The average molecular weight is 270 g/mol. The highest BCUT2D eigenvalue weighted by Gasteiger charge is 2.18. The summed E-state index contributed by atoms with van der Waals surface area (Å²) in [6, 6.07) is 4.03. The second kappa shape index (κ2) is 3.66. The van der Waals surface area contributed by atoms with Gasteiger partial charge in [-0.15, -0.1) is 0 Å². The van der Waals surface area contributed by atoms with Crippen LogP contribution in [0, 0.1) is 13.8 Å². The van der Waals surface area contributed by atoms with E-state index < -0.39 is 5.63 Å². The van der Waals surface area contributed by atoms with Crippen molar-refractivity contribution in [2.75, 3.05) is 0 Å². The van der Waals surface area contributed by atoms with Crippen molar-refractivity contribution < 1.29 is 9.20 Å². The first-order valence-corrected chi connectivity index (χ1v) is 5.24. The summed E-state index contributed by atoms with van der Waals surface area (Å²) in [5, 5.41) is 2.52. The number of aromatic amines is 1. The lowest BCUT2D eigenvalue weighted by molar-refractivity contribution is -0.671. The second-order valence-electron chi connectivity index (χ2n) is 3.42. The molecule has 0 aliphatic heterocycles. The Labute approximate surface area is 94.6 Å². The number of nitrogens with one attached hydrogen (secondary N) is 1. The van der Waals surface area contributed by atoms with Gasteiger partial charge in [0.2, 0.25) is 0 Å². The zero-order valence-electron chi connectivity index (χ0n) is 8.37. The van der Waals surface area contributed by atoms with E-state index in [0.717, 1.165) is 21.3 Å². The molecule has 1 aromatic heterocycles. The first kappa shape index (κ1) is 10.2. The average Bonchev–Trinajstić information content (AvgIpc) is 2.49. The summed E-state index contributed by atoms with van der Waals surface area (Å²) < 4.78 is 7.10. The van der Waals surface area contributed by atoms with Crippen molar-refractivity contribution in [1.29, 1.82) is 0 Å². The van der Waals surface area contributed by atoms with Gasteiger partial charge in [0.05, 0.1) is 4.47 Å². The highest BCUT2D eigenvalue weighted by molar-refractivity contribution is 9.10. The normalized spacial score (nSPS) is 10.6. The molecule has 78 valence electrons. The second-order valence-corrected chi connectivity index (χ2v) is 4.28. The number of hydrogen-bond acceptors (Lipinski definition) is 2. The van der Waals surface area contributed by atoms with Crippen LogP contribution in [-0.2, 0) is 0 Å². The van der Waals surface area contributed by atoms with E-state index in [-0.39, 0.29) is 0 Å². The van der Waals surface area contributed by atoms with E-state index in [2.05, 4.69) is 25.7 Å². The summed E-state index contributed by atoms with van der Waals surface area (Å²) in [5.74, 6) is 0. The molecule has 2 rings (SSSR count). The summed E-state index contributed by atoms with van der Waals surface area (Å²) in [7, 11) is 0. The monoisotopic (exact) mass is 269 g/mol. The summed E-state index contributed by atoms with van der Waals surface area (Å²) in [4.78, 5) is 10.9. The van der Waals surface area contributed by atoms with Gasteiger partial charge in [0, 0.05) is 5.56 Å². The number of benzene rings is 1. The smallest absolute Gasteiger partial charge is 0.283 e. The Hall–Kier alpha value is -1.36. The molecule has 0 saturated carbocycles. The predicted octanol–water partition coefficient (Wildman–Crippen LogP) is 1.62. The summed E-state index contributed by atoms with van der Waals surface area (Å²) in [5.41, 5.74) is 2.70. The Bertz CT molecular complexity index is 534. The van der Waals surface area contributed by atoms with Crippen LogP contribution < -0.4 is 10.3 Å². The van der Waals surface area contributed by atoms with Gasteiger partial charge in [-0.25, -0.2) is 4.79 Å². The van der Waals surface area contributed by atoms with Crippen LogP contribution in [0.3, 0.4) is 0 Å². The number of aromatic nitrogens is 2. The van der Waals surface area contributed by atoms with Crippen LogP contribution in [0.2, 0.25) is 0 Å². The summed E-state index contributed by atoms with van der Waals surface area (Å²) in [6.45, 7) is 4.00. The minimum atomic E-state index is -0.401. The van der Waals surface area contributed by atoms with Crippen molar-refractivity contribution in [3.8, 4) is 5.69 Å². The highest BCUT2D eigenvalue weighted by atomic mass is 79.9. The Balaban J connectivity index is 2.67. The molecule has 1 aromatic carbocycles. The standard InChI is InChI=1S/C10H9BrN2O2/c1-6-3-7(2)10(8(11)4-6)13-5-9(14)15-12-13/h3-5H,1-2H3/p+1. The van der Waals surface area contributed by atoms with Gasteiger partial charge in [-0.3, -0.25) is 4.52 Å². The van der Waals surface area contributed by atoms with Gasteiger partial charge in [-0.1, -0.05) is 0 Å². The van der Waals surface area contributed by atoms with E-state index >= 15 is 0 Å². The van der Waals surface area contributed by atoms with Crippen molar-refractivity contribution in [2.24, 2.45) is 0 Å². The topological polar surface area (TPSA) is 49.9 Å². The molecule has 1 N–H and O–H groups in total. The lowest BCUT2D eigenvalue weighted by Crippen LogP contribution is -2.33. The zero-order chi connectivity index (χ0) is 11.0. The van der Waals surface area contributed by atoms with E-state index in [1.165, 1.54) is 6.20 Å². The van der Waals surface area contributed by atoms with Gasteiger partial charge >= 0.3 is 5.63 Å². The van der Waals surface area contributed by atoms with E-state index in [9.17, 15) is 4.79 Å². The van der Waals surface area contributed by atoms with Crippen LogP contribution in [0.1, 0.15) is 11.1 Å². The van der Waals surface area contributed by atoms with E-state index in [4.69, 9.17) is 0 Å². The van der Waals surface area contributed by atoms with E-state index in [1.54, 1.807) is 4.68 Å². The molecular weight excluding hydrogens is 260 g/mol. The fourth-order valence-electron chi connectivity index (χ4n) is 1.58. The molecule has 0 unspecified atom stereocenters. The van der Waals surface area contributed by atoms with Crippen LogP contribution in [0.5, 0.6) is 0 Å². The molecule has 0 radical (unpaired) electrons. The van der Waals surface area contributed by atoms with Crippen LogP contribution in [0.15, 0.2) is 32.1 Å². The summed E-state index contributed by atoms with van der Waals surface area (Å²) >= 11 is 3.46. The maximum atomic E-state index is 10.9. The van der Waals surface area contributed by atoms with Gasteiger partial charge < -0.3 is 0 Å². The summed E-state index contributed by atoms with van der Waals surface area (Å²) in [6.07, 6.45) is 1.36. The Morgan fingerprint density at radius 3 is 2.67 bits per heavy atom. The molecule has 4 nitrogen and oxygen atoms in total. The van der Waals surface area contributed by atoms with Gasteiger partial charge in [0.25, 0.3) is 11.9 Å². The fourth-order valence-corrected chi connectivity index (χ4v) is 2.44. The number of aryl methyl sites for hydroxylation is 2. The fraction of sp³-hybridized carbons (Fsp3) is 0.200. The molecule has 1 heterocycles. The minimum Gasteiger partial charge on any atom is -0.283 e. The number of hydrogen-bond donors (Lipinski definition) is 1. The third-order valence-electron chi connectivity index (χ3n) is 2.12. The van der Waals surface area contributed by atoms with Gasteiger partial charge in [0.1, 0.15) is 0 Å². The van der Waals surface area contributed by atoms with Crippen molar-refractivity contribution in [3.63, 3.8) is 0 Å². The third kappa shape index (κ3) is 1.87. The molecule has 0 saturated heterocycles. The minimum absolute atomic E-state index is 0.401. The largest absolute Gasteiger partial charge is 0.427 e. The van der Waals surface area contributed by atoms with Crippen molar-refractivity contribution in [3.05, 3.63) is 44.3 Å². The molecule has 0 aliphatic carbocycles. The van der Waals surface area contributed by atoms with Crippen LogP contribution in [0.4, 0.5) is 0 Å². The highest BCUT2D eigenvalue weighted by Crippen LogP contribution is 2.21. The first-order valence-electron chi connectivity index (χ1n) is 4.45. The van der Waals surface area contributed by atoms with Gasteiger partial charge in [-0.05, 0) is 57.4 Å². The SMILES string of the molecule is Cc1cc(C)c(-[n+]2cc(=O)o[nH]2)c(Br)c1. The number of rotatable bonds is 1. The maximum absolute atomic E-state index is 10.9. The molecule has 0 amide bonds. The molecule has 5 heteroatoms. The quantitative estimate of drug-likeness (QED) is 0.800. The lowest BCUT2D eigenvalue weighted by atomic mass is 10.1. The van der Waals surface area contributed by atoms with Crippen LogP contribution in [-0.4, -0.2) is 5.27 Å². The van der Waals surface area contributed by atoms with Crippen LogP contribution >= 0.6 is 15.9 Å². The Morgan fingerprint density at radius 1 is 1.40 bits per heavy atom. The van der Waals surface area contributed by atoms with Crippen molar-refractivity contribution in [2.45, 2.75) is 13.8 Å². The van der Waals surface area contributed by atoms with E-state index in [1.807, 2.05) is 26.0 Å². The number of H-pyrrole nitrogens is 1. The molecular formula is C10H10BrN2O2+. The third-order valence-corrected chi connectivity index (χ3v) is 2.72. The molecule has 0 fully saturated rings. The lowest BCUT2D eigenvalue weighted by Gasteiger charge is -2.00. The Morgan fingerprint density at radius 2 is 2.13 bits per heavy atom. The number of nitrogens with zero attached hydrogens (tertiary/aromatic N) is 1. The zero-order valence-corrected chi connectivity index (χ0v) is 9.96. The molecule has 0 bridgehead atoms. The van der Waals surface area contributed by atoms with Crippen molar-refractivity contribution in [1.82, 2.24) is 5.27 Å². The molecule has 0 atom stereocenters. The first-order chi connectivity index (χ1) is 7.08. The molecule has 0 spiro atoms. The molecule has 0 aliphatic rings. The number of halogens is 1. The van der Waals surface area contributed by atoms with Gasteiger partial charge in [0.15, 0.2) is 0 Å². The maximum Gasteiger partial charge on any atom is 0.427 e. The predicted molar refractivity (Wildman–Crippen MR) is 58.0 cm³/mol.